The monoisotopic (exact) mass is 450 g/mol. The third kappa shape index (κ3) is 6.84. The number of amides is 1. The van der Waals surface area contributed by atoms with E-state index < -0.39 is 0 Å². The summed E-state index contributed by atoms with van der Waals surface area (Å²) in [6.07, 6.45) is 4.37. The molecule has 0 bridgehead atoms. The fourth-order valence-electron chi connectivity index (χ4n) is 2.42. The van der Waals surface area contributed by atoms with Gasteiger partial charge < -0.3 is 15.2 Å². The van der Waals surface area contributed by atoms with Crippen molar-refractivity contribution in [2.75, 3.05) is 11.9 Å². The maximum absolute atomic E-state index is 12.6. The number of unbranched alkanes of at least 4 members (excludes halogenated alkanes) is 3. The second-order valence-electron chi connectivity index (χ2n) is 5.98. The van der Waals surface area contributed by atoms with Crippen LogP contribution < -0.4 is 15.4 Å². The number of hydrogen-bond acceptors (Lipinski definition) is 4. The highest BCUT2D eigenvalue weighted by Gasteiger charge is 2.15. The minimum Gasteiger partial charge on any atom is -0.506 e. The Morgan fingerprint density at radius 3 is 2.70 bits per heavy atom. The normalized spacial score (nSPS) is 10.3. The molecule has 0 atom stereocenters. The van der Waals surface area contributed by atoms with Crippen LogP contribution in [0.3, 0.4) is 0 Å². The van der Waals surface area contributed by atoms with Crippen molar-refractivity contribution in [3.63, 3.8) is 0 Å². The summed E-state index contributed by atoms with van der Waals surface area (Å²) < 4.78 is 6.56. The van der Waals surface area contributed by atoms with Gasteiger partial charge in [0.25, 0.3) is 5.91 Å². The first-order valence-corrected chi connectivity index (χ1v) is 10.0. The molecule has 0 saturated carbocycles. The van der Waals surface area contributed by atoms with Gasteiger partial charge in [-0.2, -0.15) is 0 Å². The number of benzene rings is 2. The molecule has 27 heavy (non-hydrogen) atoms. The molecule has 2 aromatic carbocycles. The molecule has 1 amide bonds. The number of carbonyl (C=O) groups is 1. The van der Waals surface area contributed by atoms with Crippen molar-refractivity contribution < 1.29 is 14.6 Å². The molecular formula is C20H23BrN2O3S. The fourth-order valence-corrected chi connectivity index (χ4v) is 2.98. The van der Waals surface area contributed by atoms with Crippen molar-refractivity contribution in [3.05, 3.63) is 52.5 Å². The van der Waals surface area contributed by atoms with Crippen molar-refractivity contribution in [1.82, 2.24) is 5.32 Å². The molecule has 5 nitrogen and oxygen atoms in total. The number of aromatic hydroxyl groups is 1. The standard InChI is InChI=1S/C20H23BrN2O3S/c1-2-3-4-7-12-26-18-11-10-14(21)13-15(18)19(25)23-20(27)22-16-8-5-6-9-17(16)24/h5-6,8-11,13,24H,2-4,7,12H2,1H3,(H2,22,23,25,27). The highest BCUT2D eigenvalue weighted by atomic mass is 79.9. The van der Waals surface area contributed by atoms with Crippen LogP contribution in [0.1, 0.15) is 43.0 Å². The summed E-state index contributed by atoms with van der Waals surface area (Å²) in [5.74, 6) is 0.179. The number of thiocarbonyl (C=S) groups is 1. The van der Waals surface area contributed by atoms with Crippen LogP contribution in [-0.2, 0) is 0 Å². The quantitative estimate of drug-likeness (QED) is 0.291. The van der Waals surface area contributed by atoms with Gasteiger partial charge in [0, 0.05) is 4.47 Å². The van der Waals surface area contributed by atoms with Crippen molar-refractivity contribution in [3.8, 4) is 11.5 Å². The van der Waals surface area contributed by atoms with E-state index in [-0.39, 0.29) is 16.8 Å². The van der Waals surface area contributed by atoms with Crippen LogP contribution in [0.25, 0.3) is 0 Å². The third-order valence-corrected chi connectivity index (χ3v) is 4.52. The summed E-state index contributed by atoms with van der Waals surface area (Å²) in [4.78, 5) is 12.6. The fraction of sp³-hybridized carbons (Fsp3) is 0.300. The number of nitrogens with one attached hydrogen (secondary N) is 2. The number of hydrogen-bond donors (Lipinski definition) is 3. The maximum Gasteiger partial charge on any atom is 0.261 e. The molecule has 0 radical (unpaired) electrons. The van der Waals surface area contributed by atoms with Crippen molar-refractivity contribution in [1.29, 1.82) is 0 Å². The Bertz CT molecular complexity index is 799. The second kappa shape index (κ2) is 10.9. The average molecular weight is 451 g/mol. The minimum atomic E-state index is -0.382. The van der Waals surface area contributed by atoms with Crippen LogP contribution in [0.15, 0.2) is 46.9 Å². The van der Waals surface area contributed by atoms with Crippen LogP contribution in [0, 0.1) is 0 Å². The van der Waals surface area contributed by atoms with Crippen LogP contribution >= 0.6 is 28.1 Å². The molecule has 2 rings (SSSR count). The Hall–Kier alpha value is -2.12. The first kappa shape index (κ1) is 21.2. The highest BCUT2D eigenvalue weighted by Crippen LogP contribution is 2.24. The number of carbonyl (C=O) groups excluding carboxylic acids is 1. The van der Waals surface area contributed by atoms with E-state index in [1.807, 2.05) is 6.07 Å². The van der Waals surface area contributed by atoms with Crippen LogP contribution in [0.2, 0.25) is 0 Å². The lowest BCUT2D eigenvalue weighted by molar-refractivity contribution is 0.0973. The lowest BCUT2D eigenvalue weighted by Gasteiger charge is -2.14. The van der Waals surface area contributed by atoms with E-state index in [0.29, 0.717) is 23.6 Å². The summed E-state index contributed by atoms with van der Waals surface area (Å²) in [6, 6.07) is 11.9. The number of anilines is 1. The van der Waals surface area contributed by atoms with E-state index in [1.165, 1.54) is 12.5 Å². The number of phenolic OH excluding ortho intramolecular Hbond substituents is 1. The van der Waals surface area contributed by atoms with Gasteiger partial charge >= 0.3 is 0 Å². The average Bonchev–Trinajstić information content (AvgIpc) is 2.64. The molecule has 3 N–H and O–H groups in total. The molecule has 144 valence electrons. The summed E-state index contributed by atoms with van der Waals surface area (Å²) >= 11 is 8.56. The molecule has 0 unspecified atom stereocenters. The lowest BCUT2D eigenvalue weighted by Crippen LogP contribution is -2.34. The number of ether oxygens (including phenoxy) is 1. The van der Waals surface area contributed by atoms with Gasteiger partial charge in [-0.05, 0) is 49.0 Å². The summed E-state index contributed by atoms with van der Waals surface area (Å²) in [5.41, 5.74) is 0.811. The molecule has 0 aliphatic carbocycles. The van der Waals surface area contributed by atoms with Gasteiger partial charge in [-0.1, -0.05) is 54.2 Å². The van der Waals surface area contributed by atoms with Crippen LogP contribution in [0.5, 0.6) is 11.5 Å². The van der Waals surface area contributed by atoms with E-state index in [2.05, 4.69) is 33.5 Å². The maximum atomic E-state index is 12.6. The molecule has 0 heterocycles. The van der Waals surface area contributed by atoms with Gasteiger partial charge in [-0.25, -0.2) is 0 Å². The number of para-hydroxylation sites is 2. The van der Waals surface area contributed by atoms with Crippen molar-refractivity contribution >= 4 is 44.9 Å². The van der Waals surface area contributed by atoms with E-state index in [4.69, 9.17) is 17.0 Å². The molecule has 0 aromatic heterocycles. The molecular weight excluding hydrogens is 428 g/mol. The Kier molecular flexibility index (Phi) is 8.54. The summed E-state index contributed by atoms with van der Waals surface area (Å²) in [5, 5.41) is 15.3. The van der Waals surface area contributed by atoms with Gasteiger partial charge in [0.1, 0.15) is 11.5 Å². The second-order valence-corrected chi connectivity index (χ2v) is 7.30. The largest absolute Gasteiger partial charge is 0.506 e. The van der Waals surface area contributed by atoms with Crippen molar-refractivity contribution in [2.24, 2.45) is 0 Å². The number of halogens is 1. The van der Waals surface area contributed by atoms with Gasteiger partial charge in [0.15, 0.2) is 5.11 Å². The predicted octanol–water partition coefficient (Wildman–Crippen LogP) is 5.24. The number of rotatable bonds is 8. The predicted molar refractivity (Wildman–Crippen MR) is 116 cm³/mol. The van der Waals surface area contributed by atoms with Gasteiger partial charge in [-0.15, -0.1) is 0 Å². The zero-order valence-electron chi connectivity index (χ0n) is 15.1. The van der Waals surface area contributed by atoms with Gasteiger partial charge in [0.05, 0.1) is 17.9 Å². The zero-order valence-corrected chi connectivity index (χ0v) is 17.5. The highest BCUT2D eigenvalue weighted by molar-refractivity contribution is 9.10. The molecule has 7 heteroatoms. The first-order chi connectivity index (χ1) is 13.0. The minimum absolute atomic E-state index is 0.0488. The van der Waals surface area contributed by atoms with E-state index in [0.717, 1.165) is 23.7 Å². The Morgan fingerprint density at radius 2 is 1.96 bits per heavy atom. The van der Waals surface area contributed by atoms with Crippen LogP contribution in [0.4, 0.5) is 5.69 Å². The molecule has 0 aliphatic rings. The van der Waals surface area contributed by atoms with E-state index in [1.54, 1.807) is 30.3 Å². The van der Waals surface area contributed by atoms with Gasteiger partial charge in [0.2, 0.25) is 0 Å². The SMILES string of the molecule is CCCCCCOc1ccc(Br)cc1C(=O)NC(=S)Nc1ccccc1O. The summed E-state index contributed by atoms with van der Waals surface area (Å²) in [6.45, 7) is 2.71. The molecule has 0 saturated heterocycles. The van der Waals surface area contributed by atoms with E-state index >= 15 is 0 Å². The van der Waals surface area contributed by atoms with Crippen molar-refractivity contribution in [2.45, 2.75) is 32.6 Å². The Labute approximate surface area is 173 Å². The molecule has 2 aromatic rings. The smallest absolute Gasteiger partial charge is 0.261 e. The zero-order chi connectivity index (χ0) is 19.6. The Balaban J connectivity index is 2.00. The lowest BCUT2D eigenvalue weighted by atomic mass is 10.2. The molecule has 0 aliphatic heterocycles. The molecule has 0 fully saturated rings. The van der Waals surface area contributed by atoms with E-state index in [9.17, 15) is 9.90 Å². The summed E-state index contributed by atoms with van der Waals surface area (Å²) in [7, 11) is 0. The van der Waals surface area contributed by atoms with Gasteiger partial charge in [-0.3, -0.25) is 10.1 Å². The Morgan fingerprint density at radius 1 is 1.19 bits per heavy atom. The van der Waals surface area contributed by atoms with Crippen LogP contribution in [-0.4, -0.2) is 22.7 Å². The third-order valence-electron chi connectivity index (χ3n) is 3.82. The topological polar surface area (TPSA) is 70.6 Å². The number of phenols is 1. The first-order valence-electron chi connectivity index (χ1n) is 8.84. The molecule has 0 spiro atoms.